The minimum absolute atomic E-state index is 0.0495. The predicted octanol–water partition coefficient (Wildman–Crippen LogP) is 3.47. The van der Waals surface area contributed by atoms with Gasteiger partial charge in [0.05, 0.1) is 25.3 Å². The van der Waals surface area contributed by atoms with Crippen LogP contribution < -0.4 is 15.5 Å². The molecule has 0 saturated carbocycles. The van der Waals surface area contributed by atoms with Crippen molar-refractivity contribution in [2.24, 2.45) is 0 Å². The van der Waals surface area contributed by atoms with Crippen LogP contribution in [0, 0.1) is 11.6 Å². The number of hydrogen-bond donors (Lipinski definition) is 1. The number of halogens is 3. The van der Waals surface area contributed by atoms with Crippen molar-refractivity contribution in [3.63, 3.8) is 0 Å². The maximum absolute atomic E-state index is 14.3. The standard InChI is InChI=1S/C25H26ClF2N3O5/c1-4-5-9-31-24(34)20-22(35-3)21(32)15(12-30(20)17-8-10-36-13-25(17,31)2)23(33)29-11-14-6-7-16(27)18(26)19(14)28/h4-7,12,17H,8-11,13H2,1-3H3,(H,29,33)/b5-4-/t17-,25+/m0/s1. The third-order valence-corrected chi connectivity index (χ3v) is 7.11. The number of amides is 2. The number of methoxy groups -OCH3 is 1. The van der Waals surface area contributed by atoms with Gasteiger partial charge in [0.2, 0.25) is 5.43 Å². The molecule has 8 nitrogen and oxygen atoms in total. The van der Waals surface area contributed by atoms with Gasteiger partial charge in [0.25, 0.3) is 11.8 Å². The zero-order chi connectivity index (χ0) is 26.2. The van der Waals surface area contributed by atoms with Gasteiger partial charge in [-0.3, -0.25) is 14.4 Å². The van der Waals surface area contributed by atoms with Crippen molar-refractivity contribution in [3.05, 3.63) is 74.2 Å². The molecule has 0 bridgehead atoms. The second-order valence-electron chi connectivity index (χ2n) is 8.88. The maximum Gasteiger partial charge on any atom is 0.275 e. The lowest BCUT2D eigenvalue weighted by Gasteiger charge is -2.53. The Kier molecular flexibility index (Phi) is 7.19. The van der Waals surface area contributed by atoms with Crippen molar-refractivity contribution in [2.75, 3.05) is 26.9 Å². The van der Waals surface area contributed by atoms with Gasteiger partial charge < -0.3 is 24.3 Å². The zero-order valence-corrected chi connectivity index (χ0v) is 20.8. The van der Waals surface area contributed by atoms with E-state index in [1.807, 2.05) is 26.0 Å². The van der Waals surface area contributed by atoms with E-state index in [-0.39, 0.29) is 41.8 Å². The summed E-state index contributed by atoms with van der Waals surface area (Å²) in [5.74, 6) is -3.38. The molecule has 3 heterocycles. The number of ether oxygens (including phenoxy) is 2. The largest absolute Gasteiger partial charge is 0.491 e. The monoisotopic (exact) mass is 521 g/mol. The molecule has 2 aromatic rings. The number of aromatic nitrogens is 1. The highest BCUT2D eigenvalue weighted by Gasteiger charge is 2.51. The molecule has 36 heavy (non-hydrogen) atoms. The number of carbonyl (C=O) groups excluding carboxylic acids is 2. The molecule has 2 amide bonds. The number of hydrogen-bond acceptors (Lipinski definition) is 5. The number of carbonyl (C=O) groups is 2. The summed E-state index contributed by atoms with van der Waals surface area (Å²) >= 11 is 5.61. The Balaban J connectivity index is 1.76. The Hall–Kier alpha value is -3.24. The van der Waals surface area contributed by atoms with Crippen LogP contribution in [0.4, 0.5) is 8.78 Å². The van der Waals surface area contributed by atoms with E-state index in [1.54, 1.807) is 9.47 Å². The van der Waals surface area contributed by atoms with E-state index in [9.17, 15) is 23.2 Å². The minimum Gasteiger partial charge on any atom is -0.491 e. The van der Waals surface area contributed by atoms with E-state index in [0.717, 1.165) is 12.1 Å². The van der Waals surface area contributed by atoms with Gasteiger partial charge in [-0.15, -0.1) is 0 Å². The molecule has 192 valence electrons. The van der Waals surface area contributed by atoms with Crippen molar-refractivity contribution < 1.29 is 27.8 Å². The Morgan fingerprint density at radius 2 is 2.11 bits per heavy atom. The highest BCUT2D eigenvalue weighted by atomic mass is 35.5. The molecular weight excluding hydrogens is 496 g/mol. The fraction of sp³-hybridized carbons (Fsp3) is 0.400. The van der Waals surface area contributed by atoms with Gasteiger partial charge >= 0.3 is 0 Å². The first kappa shape index (κ1) is 25.8. The van der Waals surface area contributed by atoms with E-state index in [1.165, 1.54) is 13.3 Å². The Bertz CT molecular complexity index is 1310. The fourth-order valence-corrected chi connectivity index (χ4v) is 5.01. The summed E-state index contributed by atoms with van der Waals surface area (Å²) in [4.78, 5) is 41.6. The maximum atomic E-state index is 14.3. The molecule has 0 radical (unpaired) electrons. The average Bonchev–Trinajstić information content (AvgIpc) is 2.86. The average molecular weight is 522 g/mol. The summed E-state index contributed by atoms with van der Waals surface area (Å²) in [6.45, 7) is 4.46. The van der Waals surface area contributed by atoms with Gasteiger partial charge in [-0.2, -0.15) is 0 Å². The molecule has 4 rings (SSSR count). The second-order valence-corrected chi connectivity index (χ2v) is 9.26. The lowest BCUT2D eigenvalue weighted by molar-refractivity contribution is -0.0668. The summed E-state index contributed by atoms with van der Waals surface area (Å²) in [7, 11) is 1.26. The van der Waals surface area contributed by atoms with E-state index in [0.29, 0.717) is 19.6 Å². The number of nitrogens with one attached hydrogen (secondary N) is 1. The summed E-state index contributed by atoms with van der Waals surface area (Å²) in [5.41, 5.74) is -1.76. The van der Waals surface area contributed by atoms with E-state index >= 15 is 0 Å². The molecule has 1 saturated heterocycles. The van der Waals surface area contributed by atoms with Crippen molar-refractivity contribution in [2.45, 2.75) is 38.4 Å². The van der Waals surface area contributed by atoms with Gasteiger partial charge in [0.15, 0.2) is 11.4 Å². The molecular formula is C25H26ClF2N3O5. The first-order valence-electron chi connectivity index (χ1n) is 11.4. The van der Waals surface area contributed by atoms with Gasteiger partial charge in [-0.1, -0.05) is 29.8 Å². The Morgan fingerprint density at radius 3 is 2.81 bits per heavy atom. The molecule has 0 aliphatic carbocycles. The van der Waals surface area contributed by atoms with Crippen molar-refractivity contribution in [3.8, 4) is 5.75 Å². The topological polar surface area (TPSA) is 89.9 Å². The molecule has 1 fully saturated rings. The minimum atomic E-state index is -0.999. The van der Waals surface area contributed by atoms with Crippen LogP contribution in [0.3, 0.4) is 0 Å². The highest BCUT2D eigenvalue weighted by molar-refractivity contribution is 6.30. The third kappa shape index (κ3) is 4.18. The summed E-state index contributed by atoms with van der Waals surface area (Å²) in [5, 5.41) is 1.79. The van der Waals surface area contributed by atoms with Gasteiger partial charge in [-0.25, -0.2) is 8.78 Å². The van der Waals surface area contributed by atoms with Crippen LogP contribution in [-0.4, -0.2) is 53.7 Å². The van der Waals surface area contributed by atoms with Crippen LogP contribution in [0.5, 0.6) is 5.75 Å². The molecule has 2 atom stereocenters. The Labute approximate surface area is 211 Å². The highest BCUT2D eigenvalue weighted by Crippen LogP contribution is 2.42. The van der Waals surface area contributed by atoms with Crippen LogP contribution in [0.1, 0.15) is 52.7 Å². The number of rotatable bonds is 6. The van der Waals surface area contributed by atoms with Gasteiger partial charge in [-0.05, 0) is 26.3 Å². The normalized spacial score (nSPS) is 21.3. The number of allylic oxidation sites excluding steroid dienone is 1. The fourth-order valence-electron chi connectivity index (χ4n) is 4.83. The third-order valence-electron chi connectivity index (χ3n) is 6.77. The molecule has 11 heteroatoms. The smallest absolute Gasteiger partial charge is 0.275 e. The molecule has 2 aliphatic heterocycles. The number of pyridine rings is 1. The summed E-state index contributed by atoms with van der Waals surface area (Å²) in [6, 6.07) is 1.85. The van der Waals surface area contributed by atoms with E-state index in [2.05, 4.69) is 5.32 Å². The Morgan fingerprint density at radius 1 is 1.36 bits per heavy atom. The van der Waals surface area contributed by atoms with Crippen LogP contribution in [-0.2, 0) is 11.3 Å². The SMILES string of the molecule is C/C=C\CN1C(=O)c2c(OC)c(=O)c(C(=O)NCc3ccc(F)c(Cl)c3F)cn2[C@H]2CCOC[C@]21C. The van der Waals surface area contributed by atoms with E-state index in [4.69, 9.17) is 21.1 Å². The molecule has 1 aromatic heterocycles. The molecule has 0 unspecified atom stereocenters. The van der Waals surface area contributed by atoms with E-state index < -0.39 is 39.4 Å². The van der Waals surface area contributed by atoms with Crippen molar-refractivity contribution in [1.29, 1.82) is 0 Å². The number of nitrogens with zero attached hydrogens (tertiary/aromatic N) is 2. The van der Waals surface area contributed by atoms with Gasteiger partial charge in [0.1, 0.15) is 22.2 Å². The van der Waals surface area contributed by atoms with Crippen LogP contribution in [0.15, 0.2) is 35.3 Å². The summed E-state index contributed by atoms with van der Waals surface area (Å²) < 4.78 is 40.4. The molecule has 1 aromatic carbocycles. The quantitative estimate of drug-likeness (QED) is 0.464. The van der Waals surface area contributed by atoms with Crippen LogP contribution in [0.2, 0.25) is 5.02 Å². The van der Waals surface area contributed by atoms with Crippen LogP contribution in [0.25, 0.3) is 0 Å². The number of fused-ring (bicyclic) bond motifs is 3. The van der Waals surface area contributed by atoms with Crippen molar-refractivity contribution in [1.82, 2.24) is 14.8 Å². The molecule has 2 aliphatic rings. The first-order chi connectivity index (χ1) is 17.2. The summed E-state index contributed by atoms with van der Waals surface area (Å²) in [6.07, 6.45) is 5.56. The number of benzene rings is 1. The lowest BCUT2D eigenvalue weighted by Crippen LogP contribution is -2.64. The predicted molar refractivity (Wildman–Crippen MR) is 129 cm³/mol. The zero-order valence-electron chi connectivity index (χ0n) is 20.1. The molecule has 0 spiro atoms. The lowest BCUT2D eigenvalue weighted by atomic mass is 9.83. The van der Waals surface area contributed by atoms with Crippen LogP contribution >= 0.6 is 11.6 Å². The van der Waals surface area contributed by atoms with Gasteiger partial charge in [0, 0.05) is 31.5 Å². The molecule has 1 N–H and O–H groups in total. The second kappa shape index (κ2) is 10.0. The first-order valence-corrected chi connectivity index (χ1v) is 11.8. The van der Waals surface area contributed by atoms with Crippen molar-refractivity contribution >= 4 is 23.4 Å².